The first-order chi connectivity index (χ1) is 9.24. The Morgan fingerprint density at radius 3 is 2.32 bits per heavy atom. The maximum absolute atomic E-state index is 10.3. The number of rotatable bonds is 2. The minimum Gasteiger partial charge on any atom is -0.508 e. The molecule has 3 rings (SSSR count). The van der Waals surface area contributed by atoms with Crippen molar-refractivity contribution in [2.45, 2.75) is 6.42 Å². The minimum absolute atomic E-state index is 0.166. The second kappa shape index (κ2) is 4.65. The van der Waals surface area contributed by atoms with Crippen LogP contribution in [0.25, 0.3) is 10.8 Å². The molecule has 0 aromatic heterocycles. The summed E-state index contributed by atoms with van der Waals surface area (Å²) in [6, 6.07) is 18.9. The molecular formula is C17H14O2. The predicted molar refractivity (Wildman–Crippen MR) is 76.5 cm³/mol. The zero-order chi connectivity index (χ0) is 13.2. The van der Waals surface area contributed by atoms with Crippen molar-refractivity contribution in [1.29, 1.82) is 0 Å². The topological polar surface area (TPSA) is 40.5 Å². The first-order valence-electron chi connectivity index (χ1n) is 6.21. The number of hydrogen-bond donors (Lipinski definition) is 2. The van der Waals surface area contributed by atoms with E-state index in [0.29, 0.717) is 11.8 Å². The lowest BCUT2D eigenvalue weighted by atomic mass is 9.99. The number of phenolic OH excluding ortho intramolecular Hbond substituents is 2. The lowest BCUT2D eigenvalue weighted by Gasteiger charge is -2.08. The van der Waals surface area contributed by atoms with Gasteiger partial charge in [0.1, 0.15) is 11.5 Å². The van der Waals surface area contributed by atoms with Gasteiger partial charge in [0.05, 0.1) is 0 Å². The van der Waals surface area contributed by atoms with Crippen LogP contribution in [-0.4, -0.2) is 10.2 Å². The van der Waals surface area contributed by atoms with E-state index in [1.54, 1.807) is 18.2 Å². The Labute approximate surface area is 111 Å². The van der Waals surface area contributed by atoms with Crippen molar-refractivity contribution in [1.82, 2.24) is 0 Å². The molecule has 0 aliphatic rings. The maximum Gasteiger partial charge on any atom is 0.127 e. The van der Waals surface area contributed by atoms with Gasteiger partial charge in [0, 0.05) is 11.8 Å². The highest BCUT2D eigenvalue weighted by Crippen LogP contribution is 2.32. The molecule has 0 aliphatic carbocycles. The Balaban J connectivity index is 2.07. The van der Waals surface area contributed by atoms with Crippen LogP contribution >= 0.6 is 0 Å². The first-order valence-corrected chi connectivity index (χ1v) is 6.21. The maximum atomic E-state index is 10.3. The van der Waals surface area contributed by atoms with Crippen molar-refractivity contribution in [3.05, 3.63) is 71.8 Å². The van der Waals surface area contributed by atoms with Gasteiger partial charge in [-0.1, -0.05) is 48.5 Å². The Morgan fingerprint density at radius 1 is 0.789 bits per heavy atom. The molecule has 0 saturated heterocycles. The standard InChI is InChI=1S/C17H14O2/c18-15-9-8-13-6-7-14(17(19)16(13)11-15)10-12-4-2-1-3-5-12/h1-9,11,18-19H,10H2. The van der Waals surface area contributed by atoms with E-state index < -0.39 is 0 Å². The molecule has 2 N–H and O–H groups in total. The average molecular weight is 250 g/mol. The number of fused-ring (bicyclic) bond motifs is 1. The molecule has 0 aliphatic heterocycles. The summed E-state index contributed by atoms with van der Waals surface area (Å²) < 4.78 is 0. The molecule has 0 atom stereocenters. The van der Waals surface area contributed by atoms with Gasteiger partial charge < -0.3 is 10.2 Å². The highest BCUT2D eigenvalue weighted by atomic mass is 16.3. The third-order valence-corrected chi connectivity index (χ3v) is 3.30. The molecule has 0 unspecified atom stereocenters. The van der Waals surface area contributed by atoms with Crippen molar-refractivity contribution in [2.24, 2.45) is 0 Å². The fraction of sp³-hybridized carbons (Fsp3) is 0.0588. The van der Waals surface area contributed by atoms with Crippen LogP contribution in [0.3, 0.4) is 0 Å². The molecule has 94 valence electrons. The summed E-state index contributed by atoms with van der Waals surface area (Å²) in [5.74, 6) is 0.414. The lowest BCUT2D eigenvalue weighted by Crippen LogP contribution is -1.89. The highest BCUT2D eigenvalue weighted by Gasteiger charge is 2.07. The van der Waals surface area contributed by atoms with Crippen molar-refractivity contribution in [3.63, 3.8) is 0 Å². The van der Waals surface area contributed by atoms with E-state index in [1.165, 1.54) is 0 Å². The SMILES string of the molecule is Oc1ccc2ccc(Cc3ccccc3)c(O)c2c1. The Bertz CT molecular complexity index is 718. The van der Waals surface area contributed by atoms with Crippen LogP contribution in [0.2, 0.25) is 0 Å². The van der Waals surface area contributed by atoms with Gasteiger partial charge in [0.15, 0.2) is 0 Å². The van der Waals surface area contributed by atoms with Crippen LogP contribution in [0, 0.1) is 0 Å². The monoisotopic (exact) mass is 250 g/mol. The molecule has 0 bridgehead atoms. The van der Waals surface area contributed by atoms with Gasteiger partial charge in [0.2, 0.25) is 0 Å². The molecule has 2 heteroatoms. The summed E-state index contributed by atoms with van der Waals surface area (Å²) >= 11 is 0. The molecular weight excluding hydrogens is 236 g/mol. The molecule has 2 nitrogen and oxygen atoms in total. The molecule has 3 aromatic rings. The normalized spacial score (nSPS) is 10.7. The van der Waals surface area contributed by atoms with Gasteiger partial charge >= 0.3 is 0 Å². The summed E-state index contributed by atoms with van der Waals surface area (Å²) in [5.41, 5.74) is 2.02. The Morgan fingerprint density at radius 2 is 1.53 bits per heavy atom. The summed E-state index contributed by atoms with van der Waals surface area (Å²) in [5, 5.41) is 21.5. The van der Waals surface area contributed by atoms with Crippen LogP contribution in [0.1, 0.15) is 11.1 Å². The summed E-state index contributed by atoms with van der Waals surface area (Å²) in [6.45, 7) is 0. The number of phenols is 2. The van der Waals surface area contributed by atoms with Crippen LogP contribution in [-0.2, 0) is 6.42 Å². The first kappa shape index (κ1) is 11.6. The molecule has 0 amide bonds. The fourth-order valence-corrected chi connectivity index (χ4v) is 2.30. The molecule has 0 radical (unpaired) electrons. The van der Waals surface area contributed by atoms with Crippen LogP contribution in [0.15, 0.2) is 60.7 Å². The second-order valence-electron chi connectivity index (χ2n) is 4.64. The number of benzene rings is 3. The quantitative estimate of drug-likeness (QED) is 0.725. The van der Waals surface area contributed by atoms with Gasteiger partial charge in [-0.2, -0.15) is 0 Å². The van der Waals surface area contributed by atoms with Gasteiger partial charge in [-0.25, -0.2) is 0 Å². The predicted octanol–water partition coefficient (Wildman–Crippen LogP) is 3.84. The van der Waals surface area contributed by atoms with Gasteiger partial charge in [-0.15, -0.1) is 0 Å². The molecule has 3 aromatic carbocycles. The van der Waals surface area contributed by atoms with Crippen molar-refractivity contribution >= 4 is 10.8 Å². The third-order valence-electron chi connectivity index (χ3n) is 3.30. The van der Waals surface area contributed by atoms with Crippen LogP contribution in [0.4, 0.5) is 0 Å². The highest BCUT2D eigenvalue weighted by molar-refractivity contribution is 5.90. The fourth-order valence-electron chi connectivity index (χ4n) is 2.30. The molecule has 19 heavy (non-hydrogen) atoms. The third kappa shape index (κ3) is 2.25. The molecule has 0 spiro atoms. The largest absolute Gasteiger partial charge is 0.508 e. The van der Waals surface area contributed by atoms with Gasteiger partial charge in [0.25, 0.3) is 0 Å². The van der Waals surface area contributed by atoms with E-state index in [9.17, 15) is 10.2 Å². The van der Waals surface area contributed by atoms with E-state index in [1.807, 2.05) is 42.5 Å². The van der Waals surface area contributed by atoms with E-state index in [0.717, 1.165) is 16.5 Å². The average Bonchev–Trinajstić information content (AvgIpc) is 2.44. The van der Waals surface area contributed by atoms with E-state index >= 15 is 0 Å². The van der Waals surface area contributed by atoms with E-state index in [2.05, 4.69) is 0 Å². The van der Waals surface area contributed by atoms with Crippen molar-refractivity contribution < 1.29 is 10.2 Å². The zero-order valence-electron chi connectivity index (χ0n) is 10.4. The van der Waals surface area contributed by atoms with Gasteiger partial charge in [-0.3, -0.25) is 0 Å². The van der Waals surface area contributed by atoms with Crippen molar-refractivity contribution in [2.75, 3.05) is 0 Å². The van der Waals surface area contributed by atoms with E-state index in [4.69, 9.17) is 0 Å². The number of aromatic hydroxyl groups is 2. The Hall–Kier alpha value is -2.48. The van der Waals surface area contributed by atoms with Gasteiger partial charge in [-0.05, 0) is 28.6 Å². The summed E-state index contributed by atoms with van der Waals surface area (Å²) in [4.78, 5) is 0. The molecule has 0 heterocycles. The second-order valence-corrected chi connectivity index (χ2v) is 4.64. The van der Waals surface area contributed by atoms with Crippen molar-refractivity contribution in [3.8, 4) is 11.5 Å². The zero-order valence-corrected chi connectivity index (χ0v) is 10.4. The van der Waals surface area contributed by atoms with Crippen LogP contribution < -0.4 is 0 Å². The smallest absolute Gasteiger partial charge is 0.127 e. The summed E-state index contributed by atoms with van der Waals surface area (Å²) in [7, 11) is 0. The Kier molecular flexibility index (Phi) is 2.84. The summed E-state index contributed by atoms with van der Waals surface area (Å²) in [6.07, 6.45) is 0.679. The molecule has 0 saturated carbocycles. The van der Waals surface area contributed by atoms with E-state index in [-0.39, 0.29) is 11.5 Å². The minimum atomic E-state index is 0.166. The number of hydrogen-bond acceptors (Lipinski definition) is 2. The van der Waals surface area contributed by atoms with Crippen LogP contribution in [0.5, 0.6) is 11.5 Å². The lowest BCUT2D eigenvalue weighted by molar-refractivity contribution is 0.469. The molecule has 0 fully saturated rings.